The van der Waals surface area contributed by atoms with Crippen LogP contribution in [0, 0.1) is 0 Å². The second-order valence-corrected chi connectivity index (χ2v) is 3.98. The lowest BCUT2D eigenvalue weighted by Crippen LogP contribution is -1.99. The van der Waals surface area contributed by atoms with Crippen molar-refractivity contribution in [2.24, 2.45) is 5.16 Å². The van der Waals surface area contributed by atoms with Crippen molar-refractivity contribution in [3.05, 3.63) is 23.3 Å². The number of aryl methyl sites for hydroxylation is 1. The Morgan fingerprint density at radius 1 is 1.29 bits per heavy atom. The molecule has 0 spiro atoms. The molecule has 0 saturated carbocycles. The van der Waals surface area contributed by atoms with Gasteiger partial charge >= 0.3 is 5.97 Å². The molecule has 0 bridgehead atoms. The number of ether oxygens (including phenoxy) is 2. The molecule has 88 valence electrons. The van der Waals surface area contributed by atoms with Gasteiger partial charge in [-0.2, -0.15) is 0 Å². The van der Waals surface area contributed by atoms with Gasteiger partial charge in [-0.3, -0.25) is 0 Å². The molecule has 0 radical (unpaired) electrons. The van der Waals surface area contributed by atoms with Crippen LogP contribution < -0.4 is 9.47 Å². The van der Waals surface area contributed by atoms with Crippen LogP contribution in [0.5, 0.6) is 11.5 Å². The SMILES string of the molecule is CC(=O)ON=C1CCc2cc3c(cc21)OCO3. The summed E-state index contributed by atoms with van der Waals surface area (Å²) in [6.07, 6.45) is 1.65. The van der Waals surface area contributed by atoms with E-state index in [1.807, 2.05) is 12.1 Å². The molecule has 0 unspecified atom stereocenters. The Morgan fingerprint density at radius 2 is 2.06 bits per heavy atom. The number of hydrogen-bond donors (Lipinski definition) is 0. The van der Waals surface area contributed by atoms with E-state index in [4.69, 9.17) is 9.47 Å². The largest absolute Gasteiger partial charge is 0.454 e. The molecule has 17 heavy (non-hydrogen) atoms. The minimum Gasteiger partial charge on any atom is -0.454 e. The number of fused-ring (bicyclic) bond motifs is 2. The average molecular weight is 233 g/mol. The Kier molecular flexibility index (Phi) is 2.24. The molecule has 1 aliphatic heterocycles. The van der Waals surface area contributed by atoms with Crippen molar-refractivity contribution in [2.45, 2.75) is 19.8 Å². The Balaban J connectivity index is 1.97. The van der Waals surface area contributed by atoms with Gasteiger partial charge < -0.3 is 14.3 Å². The van der Waals surface area contributed by atoms with Crippen molar-refractivity contribution in [2.75, 3.05) is 6.79 Å². The molecular formula is C12H11NO4. The number of hydrogen-bond acceptors (Lipinski definition) is 5. The predicted octanol–water partition coefficient (Wildman–Crippen LogP) is 1.63. The minimum absolute atomic E-state index is 0.259. The smallest absolute Gasteiger partial charge is 0.331 e. The van der Waals surface area contributed by atoms with Crippen molar-refractivity contribution in [3.63, 3.8) is 0 Å². The molecule has 1 heterocycles. The maximum absolute atomic E-state index is 10.7. The Labute approximate surface area is 98.0 Å². The summed E-state index contributed by atoms with van der Waals surface area (Å²) in [5.41, 5.74) is 2.92. The number of oxime groups is 1. The zero-order valence-electron chi connectivity index (χ0n) is 9.36. The van der Waals surface area contributed by atoms with Gasteiger partial charge in [0.05, 0.1) is 5.71 Å². The van der Waals surface area contributed by atoms with Gasteiger partial charge in [0.25, 0.3) is 0 Å². The van der Waals surface area contributed by atoms with E-state index in [0.717, 1.165) is 41.2 Å². The highest BCUT2D eigenvalue weighted by atomic mass is 16.7. The molecular weight excluding hydrogens is 222 g/mol. The topological polar surface area (TPSA) is 57.1 Å². The molecule has 0 N–H and O–H groups in total. The lowest BCUT2D eigenvalue weighted by atomic mass is 10.1. The van der Waals surface area contributed by atoms with Gasteiger partial charge in [0.15, 0.2) is 11.5 Å². The molecule has 0 amide bonds. The first-order valence-electron chi connectivity index (χ1n) is 5.41. The summed E-state index contributed by atoms with van der Waals surface area (Å²) in [5, 5.41) is 3.86. The van der Waals surface area contributed by atoms with Crippen molar-refractivity contribution in [3.8, 4) is 11.5 Å². The average Bonchev–Trinajstić information content (AvgIpc) is 2.88. The lowest BCUT2D eigenvalue weighted by molar-refractivity contribution is -0.140. The van der Waals surface area contributed by atoms with E-state index in [2.05, 4.69) is 9.99 Å². The number of carbonyl (C=O) groups excluding carboxylic acids is 1. The summed E-state index contributed by atoms with van der Waals surface area (Å²) in [4.78, 5) is 15.4. The van der Waals surface area contributed by atoms with Crippen LogP contribution in [0.25, 0.3) is 0 Å². The summed E-state index contributed by atoms with van der Waals surface area (Å²) in [5.74, 6) is 1.09. The van der Waals surface area contributed by atoms with Crippen molar-refractivity contribution in [1.82, 2.24) is 0 Å². The summed E-state index contributed by atoms with van der Waals surface area (Å²) >= 11 is 0. The number of rotatable bonds is 1. The molecule has 0 aromatic heterocycles. The van der Waals surface area contributed by atoms with Crippen LogP contribution in [0.3, 0.4) is 0 Å². The third-order valence-corrected chi connectivity index (χ3v) is 2.82. The summed E-state index contributed by atoms with van der Waals surface area (Å²) in [7, 11) is 0. The third-order valence-electron chi connectivity index (χ3n) is 2.82. The number of nitrogens with zero attached hydrogens (tertiary/aromatic N) is 1. The molecule has 1 aromatic carbocycles. The molecule has 0 atom stereocenters. The highest BCUT2D eigenvalue weighted by Crippen LogP contribution is 2.38. The van der Waals surface area contributed by atoms with E-state index in [-0.39, 0.29) is 6.79 Å². The highest BCUT2D eigenvalue weighted by Gasteiger charge is 2.24. The Hall–Kier alpha value is -2.04. The van der Waals surface area contributed by atoms with Gasteiger partial charge in [-0.25, -0.2) is 4.79 Å². The molecule has 0 fully saturated rings. The van der Waals surface area contributed by atoms with Crippen LogP contribution in [0.4, 0.5) is 0 Å². The van der Waals surface area contributed by atoms with Crippen LogP contribution in [0.2, 0.25) is 0 Å². The molecule has 5 heteroatoms. The summed E-state index contributed by atoms with van der Waals surface area (Å²) in [6.45, 7) is 1.59. The van der Waals surface area contributed by atoms with Gasteiger partial charge in [0.2, 0.25) is 6.79 Å². The second kappa shape index (κ2) is 3.76. The number of carbonyl (C=O) groups is 1. The minimum atomic E-state index is -0.410. The lowest BCUT2D eigenvalue weighted by Gasteiger charge is -2.02. The first-order chi connectivity index (χ1) is 8.24. The maximum Gasteiger partial charge on any atom is 0.331 e. The molecule has 5 nitrogen and oxygen atoms in total. The normalized spacial score (nSPS) is 18.3. The van der Waals surface area contributed by atoms with E-state index < -0.39 is 5.97 Å². The van der Waals surface area contributed by atoms with Crippen LogP contribution in [0.15, 0.2) is 17.3 Å². The fraction of sp³-hybridized carbons (Fsp3) is 0.333. The fourth-order valence-corrected chi connectivity index (χ4v) is 2.06. The molecule has 1 aliphatic carbocycles. The number of benzene rings is 1. The summed E-state index contributed by atoms with van der Waals surface area (Å²) in [6, 6.07) is 3.86. The molecule has 3 rings (SSSR count). The maximum atomic E-state index is 10.7. The van der Waals surface area contributed by atoms with Crippen molar-refractivity contribution < 1.29 is 19.1 Å². The van der Waals surface area contributed by atoms with Gasteiger partial charge in [-0.05, 0) is 30.5 Å². The van der Waals surface area contributed by atoms with E-state index in [0.29, 0.717) is 0 Å². The van der Waals surface area contributed by atoms with Crippen LogP contribution in [0.1, 0.15) is 24.5 Å². The fourth-order valence-electron chi connectivity index (χ4n) is 2.06. The van der Waals surface area contributed by atoms with Crippen LogP contribution in [-0.4, -0.2) is 18.5 Å². The third kappa shape index (κ3) is 1.73. The monoisotopic (exact) mass is 233 g/mol. The van der Waals surface area contributed by atoms with Crippen LogP contribution >= 0.6 is 0 Å². The van der Waals surface area contributed by atoms with Crippen molar-refractivity contribution >= 4 is 11.7 Å². The first kappa shape index (κ1) is 10.1. The Morgan fingerprint density at radius 3 is 2.82 bits per heavy atom. The van der Waals surface area contributed by atoms with Gasteiger partial charge in [-0.1, -0.05) is 5.16 Å². The zero-order chi connectivity index (χ0) is 11.8. The van der Waals surface area contributed by atoms with Gasteiger partial charge in [-0.15, -0.1) is 0 Å². The molecule has 1 aromatic rings. The van der Waals surface area contributed by atoms with E-state index in [1.165, 1.54) is 6.92 Å². The van der Waals surface area contributed by atoms with Crippen molar-refractivity contribution in [1.29, 1.82) is 0 Å². The summed E-state index contributed by atoms with van der Waals surface area (Å²) < 4.78 is 10.6. The first-order valence-corrected chi connectivity index (χ1v) is 5.41. The predicted molar refractivity (Wildman–Crippen MR) is 59.2 cm³/mol. The zero-order valence-corrected chi connectivity index (χ0v) is 9.36. The van der Waals surface area contributed by atoms with E-state index in [1.54, 1.807) is 0 Å². The second-order valence-electron chi connectivity index (χ2n) is 3.98. The molecule has 2 aliphatic rings. The highest BCUT2D eigenvalue weighted by molar-refractivity contribution is 6.05. The standard InChI is InChI=1S/C12H11NO4/c1-7(14)17-13-10-3-2-8-4-11-12(5-9(8)10)16-6-15-11/h4-5H,2-3,6H2,1H3. The van der Waals surface area contributed by atoms with E-state index in [9.17, 15) is 4.79 Å². The van der Waals surface area contributed by atoms with E-state index >= 15 is 0 Å². The quantitative estimate of drug-likeness (QED) is 0.546. The van der Waals surface area contributed by atoms with Gasteiger partial charge in [0, 0.05) is 12.5 Å². The molecule has 0 saturated heterocycles. The Bertz CT molecular complexity index is 521. The van der Waals surface area contributed by atoms with Crippen LogP contribution in [-0.2, 0) is 16.1 Å². The van der Waals surface area contributed by atoms with Gasteiger partial charge in [0.1, 0.15) is 0 Å².